The molecule has 0 radical (unpaired) electrons. The summed E-state index contributed by atoms with van der Waals surface area (Å²) in [6.07, 6.45) is -5.21. The molecule has 0 unspecified atom stereocenters. The van der Waals surface area contributed by atoms with Crippen LogP contribution in [0.15, 0.2) is 17.0 Å². The molecule has 11 heteroatoms. The molecule has 0 fully saturated rings. The van der Waals surface area contributed by atoms with Crippen LogP contribution in [0.3, 0.4) is 0 Å². The van der Waals surface area contributed by atoms with Gasteiger partial charge < -0.3 is 5.32 Å². The van der Waals surface area contributed by atoms with Crippen molar-refractivity contribution in [2.24, 2.45) is 0 Å². The second-order valence-corrected chi connectivity index (χ2v) is 6.09. The summed E-state index contributed by atoms with van der Waals surface area (Å²) in [4.78, 5) is 9.56. The van der Waals surface area contributed by atoms with Gasteiger partial charge in [0.2, 0.25) is 0 Å². The maximum atomic E-state index is 13.2. The zero-order chi connectivity index (χ0) is 15.0. The highest BCUT2D eigenvalue weighted by molar-refractivity contribution is 8.13. The van der Waals surface area contributed by atoms with E-state index in [1.165, 1.54) is 5.32 Å². The maximum absolute atomic E-state index is 13.2. The summed E-state index contributed by atoms with van der Waals surface area (Å²) < 4.78 is 71.1. The molecule has 0 spiro atoms. The quantitative estimate of drug-likeness (QED) is 0.665. The number of alkyl halides is 3. The molecule has 106 valence electrons. The van der Waals surface area contributed by atoms with Crippen LogP contribution < -0.4 is 5.32 Å². The van der Waals surface area contributed by atoms with Gasteiger partial charge in [-0.25, -0.2) is 12.8 Å². The Bertz CT molecular complexity index is 630. The molecule has 0 saturated heterocycles. The minimum atomic E-state index is -5.21. The molecule has 1 aromatic rings. The Hall–Kier alpha value is -1.06. The van der Waals surface area contributed by atoms with Crippen LogP contribution in [-0.2, 0) is 13.8 Å². The molecule has 0 aromatic heterocycles. The van der Waals surface area contributed by atoms with Crippen LogP contribution in [-0.4, -0.2) is 20.5 Å². The number of amides is 1. The van der Waals surface area contributed by atoms with Crippen LogP contribution in [0.25, 0.3) is 0 Å². The Kier molecular flexibility index (Phi) is 4.33. The summed E-state index contributed by atoms with van der Waals surface area (Å²) >= 11 is 5.39. The summed E-state index contributed by atoms with van der Waals surface area (Å²) in [5.74, 6) is -3.75. The number of hydrogen-bond acceptors (Lipinski definition) is 3. The lowest BCUT2D eigenvalue weighted by Crippen LogP contribution is -2.30. The maximum Gasteiger partial charge on any atom is 0.471 e. The van der Waals surface area contributed by atoms with Crippen molar-refractivity contribution in [2.75, 3.05) is 5.32 Å². The van der Waals surface area contributed by atoms with Gasteiger partial charge in [0.15, 0.2) is 0 Å². The molecule has 0 heterocycles. The highest BCUT2D eigenvalue weighted by atomic mass is 35.7. The Morgan fingerprint density at radius 1 is 1.26 bits per heavy atom. The SMILES string of the molecule is O=C(Nc1cc(S(=O)(=O)Cl)c(F)cc1Cl)C(F)(F)F. The summed E-state index contributed by atoms with van der Waals surface area (Å²) in [5.41, 5.74) is -0.732. The Labute approximate surface area is 113 Å². The number of nitrogens with one attached hydrogen (secondary N) is 1. The predicted octanol–water partition coefficient (Wildman–Crippen LogP) is 2.91. The van der Waals surface area contributed by atoms with Gasteiger partial charge in [-0.15, -0.1) is 0 Å². The van der Waals surface area contributed by atoms with Gasteiger partial charge in [0.05, 0.1) is 10.7 Å². The number of benzene rings is 1. The van der Waals surface area contributed by atoms with E-state index in [4.69, 9.17) is 22.3 Å². The van der Waals surface area contributed by atoms with Gasteiger partial charge in [-0.3, -0.25) is 4.79 Å². The first kappa shape index (κ1) is 16.0. The van der Waals surface area contributed by atoms with E-state index >= 15 is 0 Å². The lowest BCUT2D eigenvalue weighted by atomic mass is 10.3. The summed E-state index contributed by atoms with van der Waals surface area (Å²) in [7, 11) is 0.331. The summed E-state index contributed by atoms with van der Waals surface area (Å²) in [6, 6.07) is 0.812. The Morgan fingerprint density at radius 2 is 1.79 bits per heavy atom. The van der Waals surface area contributed by atoms with Crippen molar-refractivity contribution in [1.29, 1.82) is 0 Å². The van der Waals surface area contributed by atoms with Gasteiger partial charge in [-0.05, 0) is 12.1 Å². The molecule has 1 amide bonds. The van der Waals surface area contributed by atoms with E-state index in [9.17, 15) is 30.8 Å². The first-order valence-corrected chi connectivity index (χ1v) is 6.93. The Morgan fingerprint density at radius 3 is 2.21 bits per heavy atom. The van der Waals surface area contributed by atoms with Crippen LogP contribution in [0.5, 0.6) is 0 Å². The lowest BCUT2D eigenvalue weighted by molar-refractivity contribution is -0.167. The van der Waals surface area contributed by atoms with Crippen LogP contribution in [0.4, 0.5) is 23.2 Å². The largest absolute Gasteiger partial charge is 0.471 e. The number of carbonyl (C=O) groups excluding carboxylic acids is 1. The van der Waals surface area contributed by atoms with E-state index < -0.39 is 42.6 Å². The monoisotopic (exact) mass is 339 g/mol. The van der Waals surface area contributed by atoms with Crippen LogP contribution in [0.2, 0.25) is 5.02 Å². The predicted molar refractivity (Wildman–Crippen MR) is 59.1 cm³/mol. The third-order valence-electron chi connectivity index (χ3n) is 1.79. The molecular weight excluding hydrogens is 337 g/mol. The molecule has 1 rings (SSSR count). The van der Waals surface area contributed by atoms with Crippen molar-refractivity contribution in [2.45, 2.75) is 11.1 Å². The molecule has 0 saturated carbocycles. The fourth-order valence-corrected chi connectivity index (χ4v) is 2.11. The van der Waals surface area contributed by atoms with Crippen molar-refractivity contribution in [1.82, 2.24) is 0 Å². The molecule has 0 aliphatic carbocycles. The van der Waals surface area contributed by atoms with Crippen molar-refractivity contribution >= 4 is 42.9 Å². The summed E-state index contributed by atoms with van der Waals surface area (Å²) in [5, 5.41) is 0.692. The highest BCUT2D eigenvalue weighted by Gasteiger charge is 2.39. The number of anilines is 1. The van der Waals surface area contributed by atoms with Crippen molar-refractivity contribution < 1.29 is 30.8 Å². The number of carbonyl (C=O) groups is 1. The lowest BCUT2D eigenvalue weighted by Gasteiger charge is -2.10. The third-order valence-corrected chi connectivity index (χ3v) is 3.44. The van der Waals surface area contributed by atoms with Crippen LogP contribution in [0, 0.1) is 5.82 Å². The number of rotatable bonds is 2. The van der Waals surface area contributed by atoms with Crippen molar-refractivity contribution in [3.8, 4) is 0 Å². The molecular formula is C8H3Cl2F4NO3S. The van der Waals surface area contributed by atoms with Gasteiger partial charge >= 0.3 is 12.1 Å². The zero-order valence-corrected chi connectivity index (χ0v) is 10.9. The first-order chi connectivity index (χ1) is 8.43. The average Bonchev–Trinajstić information content (AvgIpc) is 2.18. The fraction of sp³-hybridized carbons (Fsp3) is 0.125. The summed E-state index contributed by atoms with van der Waals surface area (Å²) in [6.45, 7) is 0. The minimum Gasteiger partial charge on any atom is -0.317 e. The molecule has 1 aromatic carbocycles. The minimum absolute atomic E-state index is 0.392. The molecule has 0 aliphatic rings. The van der Waals surface area contributed by atoms with Gasteiger partial charge in [-0.1, -0.05) is 11.6 Å². The van der Waals surface area contributed by atoms with Crippen molar-refractivity contribution in [3.63, 3.8) is 0 Å². The van der Waals surface area contributed by atoms with Gasteiger partial charge in [0, 0.05) is 10.7 Å². The molecule has 0 atom stereocenters. The van der Waals surface area contributed by atoms with E-state index in [1.807, 2.05) is 0 Å². The second-order valence-electron chi connectivity index (χ2n) is 3.15. The highest BCUT2D eigenvalue weighted by Crippen LogP contribution is 2.30. The van der Waals surface area contributed by atoms with E-state index in [1.54, 1.807) is 0 Å². The van der Waals surface area contributed by atoms with E-state index in [0.717, 1.165) is 0 Å². The normalized spacial score (nSPS) is 12.3. The molecule has 4 nitrogen and oxygen atoms in total. The Balaban J connectivity index is 3.28. The molecule has 0 aliphatic heterocycles. The first-order valence-electron chi connectivity index (χ1n) is 4.25. The molecule has 0 bridgehead atoms. The second kappa shape index (κ2) is 5.14. The van der Waals surface area contributed by atoms with Crippen molar-refractivity contribution in [3.05, 3.63) is 23.0 Å². The van der Waals surface area contributed by atoms with Crippen LogP contribution >= 0.6 is 22.3 Å². The van der Waals surface area contributed by atoms with E-state index in [2.05, 4.69) is 0 Å². The van der Waals surface area contributed by atoms with Gasteiger partial charge in [0.25, 0.3) is 9.05 Å². The molecule has 1 N–H and O–H groups in total. The van der Waals surface area contributed by atoms with Gasteiger partial charge in [-0.2, -0.15) is 13.2 Å². The van der Waals surface area contributed by atoms with Gasteiger partial charge in [0.1, 0.15) is 10.7 Å². The molecule has 19 heavy (non-hydrogen) atoms. The zero-order valence-electron chi connectivity index (χ0n) is 8.56. The number of hydrogen-bond donors (Lipinski definition) is 1. The number of halogens is 6. The standard InChI is InChI=1S/C8H3Cl2F4NO3S/c9-3-1-4(11)6(19(10,17)18)2-5(3)15-7(16)8(12,13)14/h1-2H,(H,15,16). The van der Waals surface area contributed by atoms with Crippen LogP contribution in [0.1, 0.15) is 0 Å². The fourth-order valence-electron chi connectivity index (χ4n) is 1.00. The smallest absolute Gasteiger partial charge is 0.317 e. The third kappa shape index (κ3) is 3.95. The van der Waals surface area contributed by atoms with E-state index in [0.29, 0.717) is 12.1 Å². The topological polar surface area (TPSA) is 63.2 Å². The average molecular weight is 340 g/mol. The van der Waals surface area contributed by atoms with E-state index in [-0.39, 0.29) is 0 Å².